The van der Waals surface area contributed by atoms with Gasteiger partial charge in [0, 0.05) is 18.0 Å². The van der Waals surface area contributed by atoms with Crippen LogP contribution in [0.5, 0.6) is 5.88 Å². The minimum absolute atomic E-state index is 0.166. The maximum absolute atomic E-state index is 14.0. The highest BCUT2D eigenvalue weighted by molar-refractivity contribution is 7.15. The number of hydrogen-bond acceptors (Lipinski definition) is 5. The fourth-order valence-electron chi connectivity index (χ4n) is 4.31. The Morgan fingerprint density at radius 3 is 2.78 bits per heavy atom. The van der Waals surface area contributed by atoms with Gasteiger partial charge in [-0.05, 0) is 62.1 Å². The third kappa shape index (κ3) is 5.58. The van der Waals surface area contributed by atoms with Crippen molar-refractivity contribution in [3.8, 4) is 5.88 Å². The molecule has 4 rings (SSSR count). The lowest BCUT2D eigenvalue weighted by atomic mass is 10.00. The van der Waals surface area contributed by atoms with Crippen LogP contribution in [0.25, 0.3) is 11.2 Å². The van der Waals surface area contributed by atoms with Crippen molar-refractivity contribution >= 4 is 39.9 Å². The number of methoxy groups -OCH3 is 1. The third-order valence-corrected chi connectivity index (χ3v) is 7.16. The lowest BCUT2D eigenvalue weighted by Gasteiger charge is -2.14. The highest BCUT2D eigenvalue weighted by atomic mass is 35.5. The minimum Gasteiger partial charge on any atom is -0.465 e. The first-order chi connectivity index (χ1) is 17.9. The summed E-state index contributed by atoms with van der Waals surface area (Å²) in [6.07, 6.45) is 19.4. The van der Waals surface area contributed by atoms with Crippen molar-refractivity contribution in [1.29, 1.82) is 0 Å². The first kappa shape index (κ1) is 26.5. The van der Waals surface area contributed by atoms with E-state index in [4.69, 9.17) is 16.3 Å². The zero-order valence-corrected chi connectivity index (χ0v) is 23.2. The van der Waals surface area contributed by atoms with Gasteiger partial charge in [0.25, 0.3) is 5.65 Å². The van der Waals surface area contributed by atoms with E-state index in [2.05, 4.69) is 23.0 Å². The van der Waals surface area contributed by atoms with Crippen molar-refractivity contribution in [1.82, 2.24) is 9.38 Å². The number of aryl methyl sites for hydroxylation is 1. The van der Waals surface area contributed by atoms with Gasteiger partial charge in [0.05, 0.1) is 23.9 Å². The number of halogens is 1. The molecule has 37 heavy (non-hydrogen) atoms. The van der Waals surface area contributed by atoms with E-state index in [0.717, 1.165) is 32.9 Å². The SMILES string of the molecule is C\C=C/C(=C\C(=C/C)C1=NC=CC(C)C=C1)c1c(OC)[n+](Cc2cnc(Cl)s2)c2c(C)cccn2c1=O. The average molecular weight is 534 g/mol. The largest absolute Gasteiger partial charge is 0.465 e. The Kier molecular flexibility index (Phi) is 8.36. The second kappa shape index (κ2) is 11.7. The van der Waals surface area contributed by atoms with Crippen molar-refractivity contribution in [3.05, 3.63) is 110 Å². The summed E-state index contributed by atoms with van der Waals surface area (Å²) < 4.78 is 10.1. The van der Waals surface area contributed by atoms with Crippen LogP contribution < -0.4 is 14.9 Å². The highest BCUT2D eigenvalue weighted by Crippen LogP contribution is 2.26. The minimum atomic E-state index is -0.166. The molecule has 0 N–H and O–H groups in total. The van der Waals surface area contributed by atoms with Gasteiger partial charge < -0.3 is 4.74 Å². The Labute approximate surface area is 225 Å². The fourth-order valence-corrected chi connectivity index (χ4v) is 5.28. The topological polar surface area (TPSA) is 59.8 Å². The van der Waals surface area contributed by atoms with Crippen LogP contribution in [0.4, 0.5) is 0 Å². The van der Waals surface area contributed by atoms with Crippen LogP contribution in [-0.2, 0) is 6.54 Å². The van der Waals surface area contributed by atoms with Crippen molar-refractivity contribution in [2.24, 2.45) is 10.9 Å². The van der Waals surface area contributed by atoms with E-state index in [1.165, 1.54) is 11.3 Å². The van der Waals surface area contributed by atoms with E-state index in [0.29, 0.717) is 28.4 Å². The molecule has 0 saturated heterocycles. The number of fused-ring (bicyclic) bond motifs is 1. The average Bonchev–Trinajstić information content (AvgIpc) is 3.17. The maximum atomic E-state index is 14.0. The predicted octanol–water partition coefficient (Wildman–Crippen LogP) is 6.13. The van der Waals surface area contributed by atoms with Crippen LogP contribution in [0, 0.1) is 12.8 Å². The van der Waals surface area contributed by atoms with Gasteiger partial charge in [0.2, 0.25) is 0 Å². The van der Waals surface area contributed by atoms with Gasteiger partial charge in [0.1, 0.15) is 6.54 Å². The molecular formula is C29H30ClN4O2S+. The molecule has 4 heterocycles. The quantitative estimate of drug-likeness (QED) is 0.271. The van der Waals surface area contributed by atoms with Crippen molar-refractivity contribution in [2.45, 2.75) is 34.2 Å². The Bertz CT molecular complexity index is 1570. The van der Waals surface area contributed by atoms with Gasteiger partial charge in [0.15, 0.2) is 10.0 Å². The molecule has 1 unspecified atom stereocenters. The molecule has 0 radical (unpaired) electrons. The molecular weight excluding hydrogens is 504 g/mol. The van der Waals surface area contributed by atoms with Crippen LogP contribution >= 0.6 is 22.9 Å². The molecule has 190 valence electrons. The summed E-state index contributed by atoms with van der Waals surface area (Å²) in [6.45, 7) is 8.44. The van der Waals surface area contributed by atoms with Crippen LogP contribution in [0.15, 0.2) is 88.6 Å². The summed E-state index contributed by atoms with van der Waals surface area (Å²) in [5.74, 6) is 0.765. The molecule has 6 nitrogen and oxygen atoms in total. The molecule has 0 fully saturated rings. The second-order valence-electron chi connectivity index (χ2n) is 8.66. The molecule has 0 amide bonds. The Hall–Kier alpha value is -3.55. The monoisotopic (exact) mass is 533 g/mol. The summed E-state index contributed by atoms with van der Waals surface area (Å²) in [6, 6.07) is 3.86. The molecule has 0 saturated carbocycles. The van der Waals surface area contributed by atoms with Crippen molar-refractivity contribution in [2.75, 3.05) is 7.11 Å². The Morgan fingerprint density at radius 2 is 2.11 bits per heavy atom. The van der Waals surface area contributed by atoms with E-state index < -0.39 is 0 Å². The van der Waals surface area contributed by atoms with E-state index in [-0.39, 0.29) is 5.56 Å². The van der Waals surface area contributed by atoms with E-state index >= 15 is 0 Å². The molecule has 3 aromatic heterocycles. The van der Waals surface area contributed by atoms with Crippen LogP contribution in [0.3, 0.4) is 0 Å². The number of rotatable bonds is 7. The summed E-state index contributed by atoms with van der Waals surface area (Å²) in [7, 11) is 1.59. The fraction of sp³-hybridized carbons (Fsp3) is 0.241. The molecule has 1 aliphatic heterocycles. The van der Waals surface area contributed by atoms with Crippen LogP contribution in [-0.4, -0.2) is 22.2 Å². The van der Waals surface area contributed by atoms with Gasteiger partial charge >= 0.3 is 11.4 Å². The molecule has 0 spiro atoms. The molecule has 3 aromatic rings. The van der Waals surface area contributed by atoms with E-state index in [1.807, 2.05) is 80.1 Å². The summed E-state index contributed by atoms with van der Waals surface area (Å²) >= 11 is 7.53. The number of aliphatic imine (C=N–C) groups is 1. The number of nitrogens with zero attached hydrogens (tertiary/aromatic N) is 4. The van der Waals surface area contributed by atoms with Gasteiger partial charge in [-0.1, -0.05) is 48.9 Å². The second-order valence-corrected chi connectivity index (χ2v) is 10.4. The third-order valence-electron chi connectivity index (χ3n) is 6.06. The lowest BCUT2D eigenvalue weighted by Crippen LogP contribution is -2.44. The number of allylic oxidation sites excluding steroid dienone is 9. The summed E-state index contributed by atoms with van der Waals surface area (Å²) in [4.78, 5) is 23.8. The molecule has 0 bridgehead atoms. The number of aromatic nitrogens is 3. The number of thiazole rings is 1. The number of hydrogen-bond donors (Lipinski definition) is 0. The number of pyridine rings is 1. The summed E-state index contributed by atoms with van der Waals surface area (Å²) in [5.41, 5.74) is 4.44. The van der Waals surface area contributed by atoms with Gasteiger partial charge in [-0.25, -0.2) is 9.78 Å². The Morgan fingerprint density at radius 1 is 1.30 bits per heavy atom. The molecule has 0 aliphatic carbocycles. The first-order valence-corrected chi connectivity index (χ1v) is 13.2. The zero-order chi connectivity index (χ0) is 26.5. The van der Waals surface area contributed by atoms with E-state index in [1.54, 1.807) is 23.9 Å². The normalized spacial score (nSPS) is 16.5. The first-order valence-electron chi connectivity index (χ1n) is 12.0. The Balaban J connectivity index is 2.01. The van der Waals surface area contributed by atoms with E-state index in [9.17, 15) is 4.79 Å². The molecule has 1 atom stereocenters. The molecule has 1 aliphatic rings. The van der Waals surface area contributed by atoms with Gasteiger partial charge in [-0.2, -0.15) is 8.97 Å². The smallest absolute Gasteiger partial charge is 0.354 e. The van der Waals surface area contributed by atoms with Crippen molar-refractivity contribution in [3.63, 3.8) is 0 Å². The van der Waals surface area contributed by atoms with Crippen LogP contribution in [0.2, 0.25) is 4.47 Å². The standard InChI is InChI=1S/C29H30ClN4O2S/c1-6-9-22(16-21(7-2)24-12-11-19(3)13-14-31-24)25-27(35)33-15-8-10-20(4)26(33)34(28(25)36-5)18-23-17-32-29(30)37-23/h6-17,19H,18H2,1-5H3/q+1/b9-6-,21-7+,22-16+. The highest BCUT2D eigenvalue weighted by Gasteiger charge is 2.28. The maximum Gasteiger partial charge on any atom is 0.354 e. The zero-order valence-electron chi connectivity index (χ0n) is 21.6. The number of ether oxygens (including phenoxy) is 1. The van der Waals surface area contributed by atoms with Crippen LogP contribution in [0.1, 0.15) is 36.8 Å². The van der Waals surface area contributed by atoms with Crippen molar-refractivity contribution < 1.29 is 9.30 Å². The summed E-state index contributed by atoms with van der Waals surface area (Å²) in [5, 5.41) is 0. The predicted molar refractivity (Wildman–Crippen MR) is 153 cm³/mol. The van der Waals surface area contributed by atoms with Gasteiger partial charge in [-0.3, -0.25) is 4.99 Å². The molecule has 0 aromatic carbocycles. The van der Waals surface area contributed by atoms with Gasteiger partial charge in [-0.15, -0.1) is 11.3 Å². The lowest BCUT2D eigenvalue weighted by molar-refractivity contribution is -0.671. The molecule has 8 heteroatoms.